The van der Waals surface area contributed by atoms with E-state index in [4.69, 9.17) is 9.72 Å². The third-order valence-corrected chi connectivity index (χ3v) is 4.84. The first-order valence-electron chi connectivity index (χ1n) is 7.35. The van der Waals surface area contributed by atoms with E-state index in [9.17, 15) is 0 Å². The predicted octanol–water partition coefficient (Wildman–Crippen LogP) is 4.03. The highest BCUT2D eigenvalue weighted by Gasteiger charge is 2.24. The minimum absolute atomic E-state index is 0.0790. The van der Waals surface area contributed by atoms with E-state index in [1.807, 2.05) is 18.3 Å². The Labute approximate surface area is 127 Å². The molecule has 0 saturated carbocycles. The van der Waals surface area contributed by atoms with Crippen molar-refractivity contribution in [3.8, 4) is 5.00 Å². The van der Waals surface area contributed by atoms with Gasteiger partial charge in [0.1, 0.15) is 22.4 Å². The lowest BCUT2D eigenvalue weighted by Crippen LogP contribution is -2.15. The average Bonchev–Trinajstić information content (AvgIpc) is 3.11. The zero-order valence-corrected chi connectivity index (χ0v) is 12.8. The summed E-state index contributed by atoms with van der Waals surface area (Å²) in [7, 11) is 0. The van der Waals surface area contributed by atoms with E-state index in [1.54, 1.807) is 11.3 Å². The molecule has 1 saturated heterocycles. The molecule has 108 valence electrons. The van der Waals surface area contributed by atoms with Crippen molar-refractivity contribution in [3.05, 3.63) is 41.2 Å². The van der Waals surface area contributed by atoms with Crippen LogP contribution in [0.2, 0.25) is 0 Å². The monoisotopic (exact) mass is 299 g/mol. The molecule has 0 aromatic carbocycles. The van der Waals surface area contributed by atoms with E-state index in [1.165, 1.54) is 11.3 Å². The number of aryl methyl sites for hydroxylation is 1. The second-order valence-corrected chi connectivity index (χ2v) is 6.66. The van der Waals surface area contributed by atoms with Gasteiger partial charge in [0.15, 0.2) is 5.65 Å². The molecule has 1 aliphatic heterocycles. The predicted molar refractivity (Wildman–Crippen MR) is 84.0 cm³/mol. The van der Waals surface area contributed by atoms with Crippen LogP contribution in [0.5, 0.6) is 0 Å². The molecular formula is C16H17N3OS. The Kier molecular flexibility index (Phi) is 3.24. The third-order valence-electron chi connectivity index (χ3n) is 3.86. The summed E-state index contributed by atoms with van der Waals surface area (Å²) in [6.07, 6.45) is 5.29. The minimum Gasteiger partial charge on any atom is -0.370 e. The van der Waals surface area contributed by atoms with Gasteiger partial charge in [0.05, 0.1) is 0 Å². The normalized spacial score (nSPS) is 19.2. The molecule has 1 aliphatic rings. The summed E-state index contributed by atoms with van der Waals surface area (Å²) in [4.78, 5) is 10.6. The van der Waals surface area contributed by atoms with Gasteiger partial charge < -0.3 is 4.74 Å². The highest BCUT2D eigenvalue weighted by Crippen LogP contribution is 2.33. The van der Waals surface area contributed by atoms with E-state index in [2.05, 4.69) is 28.6 Å². The number of hydrogen-bond donors (Lipinski definition) is 0. The lowest BCUT2D eigenvalue weighted by molar-refractivity contribution is 0.00891. The lowest BCUT2D eigenvalue weighted by Gasteiger charge is -2.22. The fourth-order valence-corrected chi connectivity index (χ4v) is 3.72. The largest absolute Gasteiger partial charge is 0.370 e. The summed E-state index contributed by atoms with van der Waals surface area (Å²) >= 11 is 1.77. The molecule has 1 unspecified atom stereocenters. The SMILES string of the molecule is Cc1ccc(-n2c(C3CCCCO3)nc3cccnc32)s1. The van der Waals surface area contributed by atoms with Crippen LogP contribution in [0.4, 0.5) is 0 Å². The van der Waals surface area contributed by atoms with Crippen LogP contribution in [0.1, 0.15) is 36.1 Å². The van der Waals surface area contributed by atoms with Crippen molar-refractivity contribution in [2.45, 2.75) is 32.3 Å². The maximum atomic E-state index is 5.96. The number of imidazole rings is 1. The Balaban J connectivity index is 1.92. The van der Waals surface area contributed by atoms with Gasteiger partial charge in [-0.1, -0.05) is 0 Å². The molecule has 4 rings (SSSR count). The standard InChI is InChI=1S/C16H17N3OS/c1-11-7-8-14(21-11)19-15-12(5-4-9-17-15)18-16(19)13-6-2-3-10-20-13/h4-5,7-9,13H,2-3,6,10H2,1H3. The third kappa shape index (κ3) is 2.26. The summed E-state index contributed by atoms with van der Waals surface area (Å²) in [5, 5.41) is 1.16. The van der Waals surface area contributed by atoms with Crippen molar-refractivity contribution < 1.29 is 4.74 Å². The molecule has 3 aromatic rings. The Morgan fingerprint density at radius 1 is 1.29 bits per heavy atom. The van der Waals surface area contributed by atoms with Gasteiger partial charge >= 0.3 is 0 Å². The quantitative estimate of drug-likeness (QED) is 0.717. The van der Waals surface area contributed by atoms with Crippen molar-refractivity contribution in [2.75, 3.05) is 6.61 Å². The first-order valence-corrected chi connectivity index (χ1v) is 8.16. The summed E-state index contributed by atoms with van der Waals surface area (Å²) in [5.74, 6) is 0.991. The van der Waals surface area contributed by atoms with E-state index >= 15 is 0 Å². The number of ether oxygens (including phenoxy) is 1. The first kappa shape index (κ1) is 13.0. The van der Waals surface area contributed by atoms with E-state index in [0.717, 1.165) is 41.4 Å². The summed E-state index contributed by atoms with van der Waals surface area (Å²) < 4.78 is 8.13. The Hall–Kier alpha value is -1.72. The molecule has 0 aliphatic carbocycles. The number of thiophene rings is 1. The summed E-state index contributed by atoms with van der Waals surface area (Å²) in [5.41, 5.74) is 1.86. The number of pyridine rings is 1. The second kappa shape index (κ2) is 5.24. The summed E-state index contributed by atoms with van der Waals surface area (Å²) in [6, 6.07) is 8.24. The average molecular weight is 299 g/mol. The van der Waals surface area contributed by atoms with Gasteiger partial charge in [-0.05, 0) is 50.5 Å². The molecule has 4 heterocycles. The Morgan fingerprint density at radius 2 is 2.24 bits per heavy atom. The summed E-state index contributed by atoms with van der Waals surface area (Å²) in [6.45, 7) is 2.95. The van der Waals surface area contributed by atoms with Crippen molar-refractivity contribution in [2.24, 2.45) is 0 Å². The van der Waals surface area contributed by atoms with Crippen molar-refractivity contribution in [3.63, 3.8) is 0 Å². The number of fused-ring (bicyclic) bond motifs is 1. The van der Waals surface area contributed by atoms with Gasteiger partial charge in [0, 0.05) is 17.7 Å². The van der Waals surface area contributed by atoms with Crippen LogP contribution < -0.4 is 0 Å². The Morgan fingerprint density at radius 3 is 3.00 bits per heavy atom. The smallest absolute Gasteiger partial charge is 0.165 e. The molecule has 0 N–H and O–H groups in total. The van der Waals surface area contributed by atoms with Crippen LogP contribution in [-0.2, 0) is 4.74 Å². The molecule has 4 nitrogen and oxygen atoms in total. The molecule has 0 spiro atoms. The van der Waals surface area contributed by atoms with Crippen LogP contribution >= 0.6 is 11.3 Å². The maximum Gasteiger partial charge on any atom is 0.165 e. The molecule has 3 aromatic heterocycles. The topological polar surface area (TPSA) is 39.9 Å². The molecule has 21 heavy (non-hydrogen) atoms. The molecular weight excluding hydrogens is 282 g/mol. The fraction of sp³-hybridized carbons (Fsp3) is 0.375. The number of aromatic nitrogens is 3. The second-order valence-electron chi connectivity index (χ2n) is 5.39. The van der Waals surface area contributed by atoms with E-state index in [0.29, 0.717) is 0 Å². The van der Waals surface area contributed by atoms with Gasteiger partial charge in [-0.2, -0.15) is 0 Å². The zero-order valence-electron chi connectivity index (χ0n) is 12.0. The molecule has 1 fully saturated rings. The minimum atomic E-state index is 0.0790. The number of hydrogen-bond acceptors (Lipinski definition) is 4. The fourth-order valence-electron chi connectivity index (χ4n) is 2.85. The molecule has 1 atom stereocenters. The van der Waals surface area contributed by atoms with Crippen LogP contribution in [0, 0.1) is 6.92 Å². The van der Waals surface area contributed by atoms with Crippen LogP contribution in [0.25, 0.3) is 16.2 Å². The highest BCUT2D eigenvalue weighted by atomic mass is 32.1. The van der Waals surface area contributed by atoms with Crippen molar-refractivity contribution in [1.82, 2.24) is 14.5 Å². The highest BCUT2D eigenvalue weighted by molar-refractivity contribution is 7.14. The molecule has 0 radical (unpaired) electrons. The molecule has 0 amide bonds. The number of rotatable bonds is 2. The van der Waals surface area contributed by atoms with Gasteiger partial charge in [-0.3, -0.25) is 4.57 Å². The number of nitrogens with zero attached hydrogens (tertiary/aromatic N) is 3. The van der Waals surface area contributed by atoms with Gasteiger partial charge in [0.25, 0.3) is 0 Å². The van der Waals surface area contributed by atoms with Crippen LogP contribution in [-0.4, -0.2) is 21.1 Å². The van der Waals surface area contributed by atoms with Crippen molar-refractivity contribution >= 4 is 22.5 Å². The molecule has 0 bridgehead atoms. The molecule has 5 heteroatoms. The maximum absolute atomic E-state index is 5.96. The first-order chi connectivity index (χ1) is 10.3. The van der Waals surface area contributed by atoms with Crippen molar-refractivity contribution in [1.29, 1.82) is 0 Å². The van der Waals surface area contributed by atoms with Crippen LogP contribution in [0.3, 0.4) is 0 Å². The van der Waals surface area contributed by atoms with Gasteiger partial charge in [-0.25, -0.2) is 9.97 Å². The zero-order chi connectivity index (χ0) is 14.2. The van der Waals surface area contributed by atoms with Crippen LogP contribution in [0.15, 0.2) is 30.5 Å². The van der Waals surface area contributed by atoms with E-state index in [-0.39, 0.29) is 6.10 Å². The Bertz CT molecular complexity index is 771. The lowest BCUT2D eigenvalue weighted by atomic mass is 10.1. The van der Waals surface area contributed by atoms with Gasteiger partial charge in [0.2, 0.25) is 0 Å². The van der Waals surface area contributed by atoms with E-state index < -0.39 is 0 Å². The van der Waals surface area contributed by atoms with Gasteiger partial charge in [-0.15, -0.1) is 11.3 Å².